The van der Waals surface area contributed by atoms with Crippen LogP contribution in [0.5, 0.6) is 5.75 Å². The fourth-order valence-electron chi connectivity index (χ4n) is 2.71. The van der Waals surface area contributed by atoms with Crippen LogP contribution in [0.25, 0.3) is 0 Å². The van der Waals surface area contributed by atoms with Gasteiger partial charge in [0.15, 0.2) is 5.75 Å². The van der Waals surface area contributed by atoms with Crippen LogP contribution in [0.2, 0.25) is 0 Å². The zero-order chi connectivity index (χ0) is 17.0. The predicted molar refractivity (Wildman–Crippen MR) is 92.4 cm³/mol. The van der Waals surface area contributed by atoms with Crippen LogP contribution < -0.4 is 10.1 Å². The first-order valence-corrected chi connectivity index (χ1v) is 8.90. The molecule has 0 saturated carbocycles. The second-order valence-corrected chi connectivity index (χ2v) is 7.24. The molecule has 24 heavy (non-hydrogen) atoms. The van der Waals surface area contributed by atoms with Gasteiger partial charge in [0, 0.05) is 25.2 Å². The van der Waals surface area contributed by atoms with Crippen LogP contribution in [0.15, 0.2) is 23.1 Å². The quantitative estimate of drug-likeness (QED) is 0.572. The number of nitrogens with one attached hydrogen (secondary N) is 1. The van der Waals surface area contributed by atoms with Gasteiger partial charge in [-0.3, -0.25) is 10.1 Å². The maximum Gasteiger partial charge on any atom is 0.312 e. The molecule has 0 radical (unpaired) electrons. The summed E-state index contributed by atoms with van der Waals surface area (Å²) in [6.45, 7) is 3.65. The van der Waals surface area contributed by atoms with Gasteiger partial charge in [0.25, 0.3) is 0 Å². The molecule has 0 spiro atoms. The Morgan fingerprint density at radius 3 is 2.67 bits per heavy atom. The molecule has 1 aromatic rings. The molecule has 136 valence electrons. The van der Waals surface area contributed by atoms with Crippen molar-refractivity contribution in [1.29, 1.82) is 0 Å². The molecule has 2 rings (SSSR count). The van der Waals surface area contributed by atoms with Crippen molar-refractivity contribution < 1.29 is 18.1 Å². The monoisotopic (exact) mass is 379 g/mol. The lowest BCUT2D eigenvalue weighted by Crippen LogP contribution is -2.42. The van der Waals surface area contributed by atoms with Crippen LogP contribution in [0, 0.1) is 10.1 Å². The van der Waals surface area contributed by atoms with Gasteiger partial charge in [-0.2, -0.15) is 4.31 Å². The zero-order valence-corrected chi connectivity index (χ0v) is 15.2. The molecular formula is C14H22ClN3O5S. The number of methoxy groups -OCH3 is 1. The van der Waals surface area contributed by atoms with E-state index < -0.39 is 14.9 Å². The fourth-order valence-corrected chi connectivity index (χ4v) is 4.48. The molecule has 0 aromatic heterocycles. The lowest BCUT2D eigenvalue weighted by molar-refractivity contribution is -0.386. The van der Waals surface area contributed by atoms with E-state index in [-0.39, 0.29) is 34.8 Å². The van der Waals surface area contributed by atoms with Crippen molar-refractivity contribution in [3.8, 4) is 5.75 Å². The fraction of sp³-hybridized carbons (Fsp3) is 0.571. The van der Waals surface area contributed by atoms with Gasteiger partial charge in [0.2, 0.25) is 10.0 Å². The SMILES string of the molecule is CCCN(C1CCNC1)S(=O)(=O)c1ccc(OC)c([N+](=O)[O-])c1.Cl. The summed E-state index contributed by atoms with van der Waals surface area (Å²) in [5.74, 6) is 0.0403. The Morgan fingerprint density at radius 2 is 2.17 bits per heavy atom. The van der Waals surface area contributed by atoms with Crippen molar-refractivity contribution in [3.05, 3.63) is 28.3 Å². The van der Waals surface area contributed by atoms with Crippen LogP contribution in [-0.2, 0) is 10.0 Å². The Balaban J connectivity index is 0.00000288. The van der Waals surface area contributed by atoms with E-state index in [4.69, 9.17) is 4.74 Å². The van der Waals surface area contributed by atoms with E-state index in [9.17, 15) is 18.5 Å². The molecule has 0 aliphatic carbocycles. The molecule has 1 atom stereocenters. The molecule has 1 aromatic carbocycles. The third-order valence-electron chi connectivity index (χ3n) is 3.84. The van der Waals surface area contributed by atoms with Gasteiger partial charge in [-0.25, -0.2) is 8.42 Å². The van der Waals surface area contributed by atoms with Crippen molar-refractivity contribution in [2.45, 2.75) is 30.7 Å². The highest BCUT2D eigenvalue weighted by Crippen LogP contribution is 2.31. The van der Waals surface area contributed by atoms with Crippen molar-refractivity contribution >= 4 is 28.1 Å². The first-order chi connectivity index (χ1) is 10.9. The Hall–Kier alpha value is -1.42. The first kappa shape index (κ1) is 20.6. The smallest absolute Gasteiger partial charge is 0.312 e. The number of nitro benzene ring substituents is 1. The summed E-state index contributed by atoms with van der Waals surface area (Å²) in [5.41, 5.74) is -0.352. The topological polar surface area (TPSA) is 102 Å². The lowest BCUT2D eigenvalue weighted by Gasteiger charge is -2.27. The molecule has 0 amide bonds. The van der Waals surface area contributed by atoms with Crippen LogP contribution >= 0.6 is 12.4 Å². The van der Waals surface area contributed by atoms with Crippen molar-refractivity contribution in [2.24, 2.45) is 0 Å². The number of ether oxygens (including phenoxy) is 1. The third-order valence-corrected chi connectivity index (χ3v) is 5.79. The Morgan fingerprint density at radius 1 is 1.46 bits per heavy atom. The average Bonchev–Trinajstić information content (AvgIpc) is 3.05. The molecule has 1 saturated heterocycles. The highest BCUT2D eigenvalue weighted by molar-refractivity contribution is 7.89. The lowest BCUT2D eigenvalue weighted by atomic mass is 10.2. The van der Waals surface area contributed by atoms with Gasteiger partial charge in [-0.05, 0) is 31.5 Å². The average molecular weight is 380 g/mol. The molecule has 1 N–H and O–H groups in total. The number of sulfonamides is 1. The van der Waals surface area contributed by atoms with E-state index in [1.54, 1.807) is 0 Å². The second-order valence-electron chi connectivity index (χ2n) is 5.35. The summed E-state index contributed by atoms with van der Waals surface area (Å²) in [5, 5.41) is 14.3. The summed E-state index contributed by atoms with van der Waals surface area (Å²) in [6, 6.07) is 3.62. The molecule has 1 aliphatic rings. The molecular weight excluding hydrogens is 358 g/mol. The Bertz CT molecular complexity index is 677. The van der Waals surface area contributed by atoms with E-state index in [1.807, 2.05) is 6.92 Å². The minimum Gasteiger partial charge on any atom is -0.490 e. The predicted octanol–water partition coefficient (Wildman–Crippen LogP) is 1.79. The first-order valence-electron chi connectivity index (χ1n) is 7.46. The molecule has 0 bridgehead atoms. The molecule has 1 heterocycles. The van der Waals surface area contributed by atoms with Gasteiger partial charge < -0.3 is 10.1 Å². The summed E-state index contributed by atoms with van der Waals surface area (Å²) in [7, 11) is -2.48. The Labute approximate surface area is 147 Å². The maximum absolute atomic E-state index is 12.9. The summed E-state index contributed by atoms with van der Waals surface area (Å²) in [6.07, 6.45) is 1.41. The number of hydrogen-bond donors (Lipinski definition) is 1. The minimum atomic E-state index is -3.79. The number of halogens is 1. The van der Waals surface area contributed by atoms with E-state index >= 15 is 0 Å². The van der Waals surface area contributed by atoms with Crippen molar-refractivity contribution in [1.82, 2.24) is 9.62 Å². The minimum absolute atomic E-state index is 0. The van der Waals surface area contributed by atoms with E-state index in [0.29, 0.717) is 19.5 Å². The number of benzene rings is 1. The highest BCUT2D eigenvalue weighted by atomic mass is 35.5. The van der Waals surface area contributed by atoms with Crippen LogP contribution in [-0.4, -0.2) is 50.4 Å². The molecule has 1 fully saturated rings. The number of hydrogen-bond acceptors (Lipinski definition) is 6. The molecule has 1 aliphatic heterocycles. The summed E-state index contributed by atoms with van der Waals surface area (Å²) >= 11 is 0. The van der Waals surface area contributed by atoms with Crippen molar-refractivity contribution in [2.75, 3.05) is 26.7 Å². The summed E-state index contributed by atoms with van der Waals surface area (Å²) < 4.78 is 32.2. The van der Waals surface area contributed by atoms with Crippen molar-refractivity contribution in [3.63, 3.8) is 0 Å². The van der Waals surface area contributed by atoms with Gasteiger partial charge >= 0.3 is 5.69 Å². The third kappa shape index (κ3) is 4.15. The number of nitro groups is 1. The highest BCUT2D eigenvalue weighted by Gasteiger charge is 2.34. The van der Waals surface area contributed by atoms with E-state index in [0.717, 1.165) is 19.0 Å². The maximum atomic E-state index is 12.9. The van der Waals surface area contributed by atoms with Crippen LogP contribution in [0.4, 0.5) is 5.69 Å². The summed E-state index contributed by atoms with van der Waals surface area (Å²) in [4.78, 5) is 10.4. The molecule has 10 heteroatoms. The van der Waals surface area contributed by atoms with E-state index in [2.05, 4.69) is 5.32 Å². The molecule has 1 unspecified atom stereocenters. The van der Waals surface area contributed by atoms with Gasteiger partial charge in [-0.1, -0.05) is 6.92 Å². The zero-order valence-electron chi connectivity index (χ0n) is 13.6. The number of rotatable bonds is 7. The molecule has 8 nitrogen and oxygen atoms in total. The second kappa shape index (κ2) is 8.61. The van der Waals surface area contributed by atoms with E-state index in [1.165, 1.54) is 23.5 Å². The van der Waals surface area contributed by atoms with Gasteiger partial charge in [-0.15, -0.1) is 12.4 Å². The van der Waals surface area contributed by atoms with Gasteiger partial charge in [0.1, 0.15) is 0 Å². The standard InChI is InChI=1S/C14H21N3O5S.ClH/c1-3-8-16(11-6-7-15-10-11)23(20,21)12-4-5-14(22-2)13(9-12)17(18)19;/h4-5,9,11,15H,3,6-8,10H2,1-2H3;1H. The normalized spacial score (nSPS) is 17.5. The van der Waals surface area contributed by atoms with Crippen LogP contribution in [0.3, 0.4) is 0 Å². The van der Waals surface area contributed by atoms with Gasteiger partial charge in [0.05, 0.1) is 16.9 Å². The van der Waals surface area contributed by atoms with Crippen LogP contribution in [0.1, 0.15) is 19.8 Å². The number of nitrogens with zero attached hydrogens (tertiary/aromatic N) is 2. The Kier molecular flexibility index (Phi) is 7.40. The largest absolute Gasteiger partial charge is 0.490 e.